The number of anilines is 1. The molecule has 0 amide bonds. The molecule has 1 fully saturated rings. The normalized spacial score (nSPS) is 22.0. The molecule has 2 nitrogen and oxygen atoms in total. The van der Waals surface area contributed by atoms with E-state index in [9.17, 15) is 0 Å². The van der Waals surface area contributed by atoms with Gasteiger partial charge >= 0.3 is 0 Å². The quantitative estimate of drug-likeness (QED) is 0.866. The topological polar surface area (TPSA) is 29.3 Å². The zero-order valence-corrected chi connectivity index (χ0v) is 11.4. The second-order valence-corrected chi connectivity index (χ2v) is 6.23. The van der Waals surface area contributed by atoms with Crippen molar-refractivity contribution in [1.29, 1.82) is 0 Å². The second kappa shape index (κ2) is 4.58. The molecule has 0 spiro atoms. The average molecular weight is 244 g/mol. The second-order valence-electron chi connectivity index (χ2n) is 6.23. The predicted molar refractivity (Wildman–Crippen MR) is 77.1 cm³/mol. The first kappa shape index (κ1) is 12.0. The van der Waals surface area contributed by atoms with Gasteiger partial charge in [0.1, 0.15) is 0 Å². The molecule has 0 atom stereocenters. The zero-order valence-electron chi connectivity index (χ0n) is 11.4. The van der Waals surface area contributed by atoms with Gasteiger partial charge in [0, 0.05) is 24.3 Å². The Labute approximate surface area is 110 Å². The summed E-state index contributed by atoms with van der Waals surface area (Å²) in [5, 5.41) is 0. The van der Waals surface area contributed by atoms with Crippen molar-refractivity contribution in [3.63, 3.8) is 0 Å². The highest BCUT2D eigenvalue weighted by Crippen LogP contribution is 2.33. The van der Waals surface area contributed by atoms with Crippen LogP contribution in [0.3, 0.4) is 0 Å². The fraction of sp³-hybridized carbons (Fsp3) is 0.625. The molecule has 98 valence electrons. The van der Waals surface area contributed by atoms with Gasteiger partial charge < -0.3 is 10.6 Å². The van der Waals surface area contributed by atoms with Crippen molar-refractivity contribution in [2.45, 2.75) is 51.0 Å². The Balaban J connectivity index is 1.83. The summed E-state index contributed by atoms with van der Waals surface area (Å²) in [6.07, 6.45) is 7.52. The van der Waals surface area contributed by atoms with Gasteiger partial charge in [0.15, 0.2) is 0 Å². The van der Waals surface area contributed by atoms with Gasteiger partial charge in [-0.2, -0.15) is 0 Å². The number of rotatable bonds is 2. The van der Waals surface area contributed by atoms with Crippen LogP contribution in [0.2, 0.25) is 0 Å². The summed E-state index contributed by atoms with van der Waals surface area (Å²) >= 11 is 0. The molecule has 0 saturated heterocycles. The lowest BCUT2D eigenvalue weighted by molar-refractivity contribution is 0.428. The smallest absolute Gasteiger partial charge is 0.0399 e. The lowest BCUT2D eigenvalue weighted by Crippen LogP contribution is -2.49. The van der Waals surface area contributed by atoms with Gasteiger partial charge in [-0.25, -0.2) is 0 Å². The maximum Gasteiger partial charge on any atom is 0.0399 e. The molecule has 18 heavy (non-hydrogen) atoms. The molecule has 1 saturated carbocycles. The standard InChI is InChI=1S/C16H24N2/c1-13-6-7-15-14(11-13)5-4-10-18(15)12-16(17)8-2-3-9-16/h6-7,11H,2-5,8-10,12,17H2,1H3. The van der Waals surface area contributed by atoms with Crippen LogP contribution in [-0.2, 0) is 6.42 Å². The fourth-order valence-corrected chi connectivity index (χ4v) is 3.59. The van der Waals surface area contributed by atoms with Gasteiger partial charge in [-0.3, -0.25) is 0 Å². The van der Waals surface area contributed by atoms with Crippen LogP contribution in [0.15, 0.2) is 18.2 Å². The molecule has 0 aromatic heterocycles. The summed E-state index contributed by atoms with van der Waals surface area (Å²) in [4.78, 5) is 2.53. The van der Waals surface area contributed by atoms with Gasteiger partial charge in [-0.05, 0) is 44.2 Å². The summed E-state index contributed by atoms with van der Waals surface area (Å²) < 4.78 is 0. The molecule has 1 heterocycles. The van der Waals surface area contributed by atoms with Crippen molar-refractivity contribution in [3.8, 4) is 0 Å². The van der Waals surface area contributed by atoms with Crippen molar-refractivity contribution in [2.24, 2.45) is 5.73 Å². The van der Waals surface area contributed by atoms with E-state index in [4.69, 9.17) is 5.73 Å². The average Bonchev–Trinajstić information content (AvgIpc) is 2.76. The third-order valence-corrected chi connectivity index (χ3v) is 4.55. The Kier molecular flexibility index (Phi) is 3.06. The number of fused-ring (bicyclic) bond motifs is 1. The number of nitrogens with two attached hydrogens (primary N) is 1. The van der Waals surface area contributed by atoms with E-state index in [0.29, 0.717) is 0 Å². The van der Waals surface area contributed by atoms with E-state index < -0.39 is 0 Å². The molecular weight excluding hydrogens is 220 g/mol. The summed E-state index contributed by atoms with van der Waals surface area (Å²) in [6.45, 7) is 4.40. The molecule has 2 aliphatic rings. The zero-order chi connectivity index (χ0) is 12.6. The molecule has 1 aromatic carbocycles. The van der Waals surface area contributed by atoms with E-state index >= 15 is 0 Å². The molecule has 1 aliphatic heterocycles. The maximum absolute atomic E-state index is 6.54. The number of hydrogen-bond acceptors (Lipinski definition) is 2. The van der Waals surface area contributed by atoms with Gasteiger partial charge in [0.2, 0.25) is 0 Å². The summed E-state index contributed by atoms with van der Waals surface area (Å²) in [5.41, 5.74) is 10.9. The van der Waals surface area contributed by atoms with E-state index in [0.717, 1.165) is 6.54 Å². The maximum atomic E-state index is 6.54. The first-order chi connectivity index (χ1) is 8.66. The number of benzene rings is 1. The van der Waals surface area contributed by atoms with E-state index in [1.807, 2.05) is 0 Å². The fourth-order valence-electron chi connectivity index (χ4n) is 3.59. The van der Waals surface area contributed by atoms with E-state index in [-0.39, 0.29) is 5.54 Å². The van der Waals surface area contributed by atoms with E-state index in [2.05, 4.69) is 30.0 Å². The van der Waals surface area contributed by atoms with Crippen molar-refractivity contribution < 1.29 is 0 Å². The Morgan fingerprint density at radius 2 is 2.00 bits per heavy atom. The highest BCUT2D eigenvalue weighted by Gasteiger charge is 2.32. The first-order valence-electron chi connectivity index (χ1n) is 7.30. The molecule has 3 rings (SSSR count). The predicted octanol–water partition coefficient (Wildman–Crippen LogP) is 3.02. The Morgan fingerprint density at radius 1 is 1.22 bits per heavy atom. The highest BCUT2D eigenvalue weighted by molar-refractivity contribution is 5.57. The van der Waals surface area contributed by atoms with Gasteiger partial charge in [0.25, 0.3) is 0 Å². The Bertz CT molecular complexity index is 433. The molecule has 0 unspecified atom stereocenters. The van der Waals surface area contributed by atoms with Crippen LogP contribution in [0.4, 0.5) is 5.69 Å². The van der Waals surface area contributed by atoms with Crippen LogP contribution in [0.25, 0.3) is 0 Å². The minimum absolute atomic E-state index is 0.0689. The third kappa shape index (κ3) is 2.26. The van der Waals surface area contributed by atoms with Crippen molar-refractivity contribution in [2.75, 3.05) is 18.0 Å². The molecular formula is C16H24N2. The van der Waals surface area contributed by atoms with Crippen LogP contribution < -0.4 is 10.6 Å². The van der Waals surface area contributed by atoms with Crippen molar-refractivity contribution in [3.05, 3.63) is 29.3 Å². The number of aryl methyl sites for hydroxylation is 2. The van der Waals surface area contributed by atoms with Gasteiger partial charge in [0.05, 0.1) is 0 Å². The van der Waals surface area contributed by atoms with Gasteiger partial charge in [-0.1, -0.05) is 30.5 Å². The molecule has 2 N–H and O–H groups in total. The number of hydrogen-bond donors (Lipinski definition) is 1. The minimum Gasteiger partial charge on any atom is -0.369 e. The molecule has 2 heteroatoms. The lowest BCUT2D eigenvalue weighted by Gasteiger charge is -2.37. The number of nitrogens with zero attached hydrogens (tertiary/aromatic N) is 1. The van der Waals surface area contributed by atoms with Crippen LogP contribution in [0.1, 0.15) is 43.2 Å². The monoisotopic (exact) mass is 244 g/mol. The van der Waals surface area contributed by atoms with Crippen LogP contribution in [-0.4, -0.2) is 18.6 Å². The molecule has 1 aromatic rings. The molecule has 0 bridgehead atoms. The Morgan fingerprint density at radius 3 is 2.78 bits per heavy atom. The third-order valence-electron chi connectivity index (χ3n) is 4.55. The van der Waals surface area contributed by atoms with Crippen molar-refractivity contribution >= 4 is 5.69 Å². The molecule has 1 aliphatic carbocycles. The van der Waals surface area contributed by atoms with Crippen LogP contribution >= 0.6 is 0 Å². The molecule has 0 radical (unpaired) electrons. The summed E-state index contributed by atoms with van der Waals surface area (Å²) in [6, 6.07) is 6.87. The SMILES string of the molecule is Cc1ccc2c(c1)CCCN2CC1(N)CCCC1. The lowest BCUT2D eigenvalue weighted by atomic mass is 9.94. The van der Waals surface area contributed by atoms with Crippen LogP contribution in [0, 0.1) is 6.92 Å². The van der Waals surface area contributed by atoms with Crippen LogP contribution in [0.5, 0.6) is 0 Å². The highest BCUT2D eigenvalue weighted by atomic mass is 15.2. The first-order valence-corrected chi connectivity index (χ1v) is 7.30. The van der Waals surface area contributed by atoms with E-state index in [1.165, 1.54) is 61.9 Å². The summed E-state index contributed by atoms with van der Waals surface area (Å²) in [5.74, 6) is 0. The summed E-state index contributed by atoms with van der Waals surface area (Å²) in [7, 11) is 0. The van der Waals surface area contributed by atoms with Gasteiger partial charge in [-0.15, -0.1) is 0 Å². The largest absolute Gasteiger partial charge is 0.369 e. The van der Waals surface area contributed by atoms with E-state index in [1.54, 1.807) is 0 Å². The minimum atomic E-state index is 0.0689. The van der Waals surface area contributed by atoms with Crippen molar-refractivity contribution in [1.82, 2.24) is 0 Å². The Hall–Kier alpha value is -1.02.